The largest absolute Gasteiger partial charge is 0.478 e. The molecule has 17 heavy (non-hydrogen) atoms. The molecule has 0 aliphatic carbocycles. The Morgan fingerprint density at radius 2 is 2.12 bits per heavy atom. The Kier molecular flexibility index (Phi) is 3.49. The number of benzene rings is 1. The molecule has 4 nitrogen and oxygen atoms in total. The van der Waals surface area contributed by atoms with Gasteiger partial charge in [0.05, 0.1) is 22.8 Å². The number of furan rings is 1. The van der Waals surface area contributed by atoms with Gasteiger partial charge in [0.1, 0.15) is 5.76 Å². The summed E-state index contributed by atoms with van der Waals surface area (Å²) < 4.78 is 6.09. The van der Waals surface area contributed by atoms with Crippen LogP contribution >= 0.6 is 15.9 Å². The van der Waals surface area contributed by atoms with Gasteiger partial charge in [-0.05, 0) is 34.1 Å². The van der Waals surface area contributed by atoms with E-state index in [0.29, 0.717) is 12.2 Å². The van der Waals surface area contributed by atoms with Crippen LogP contribution in [0.15, 0.2) is 45.5 Å². The van der Waals surface area contributed by atoms with Crippen LogP contribution in [0.2, 0.25) is 0 Å². The van der Waals surface area contributed by atoms with Crippen LogP contribution in [-0.2, 0) is 6.54 Å². The van der Waals surface area contributed by atoms with Crippen LogP contribution < -0.4 is 5.32 Å². The second kappa shape index (κ2) is 5.05. The Morgan fingerprint density at radius 3 is 2.76 bits per heavy atom. The summed E-state index contributed by atoms with van der Waals surface area (Å²) in [5, 5.41) is 12.0. The summed E-state index contributed by atoms with van der Waals surface area (Å²) in [5.41, 5.74) is 0.818. The van der Waals surface area contributed by atoms with Crippen molar-refractivity contribution in [2.75, 3.05) is 5.32 Å². The zero-order valence-electron chi connectivity index (χ0n) is 8.81. The molecule has 0 aliphatic heterocycles. The van der Waals surface area contributed by atoms with E-state index in [2.05, 4.69) is 21.2 Å². The van der Waals surface area contributed by atoms with Crippen molar-refractivity contribution >= 4 is 27.6 Å². The lowest BCUT2D eigenvalue weighted by molar-refractivity contribution is 0.0698. The highest BCUT2D eigenvalue weighted by Crippen LogP contribution is 2.20. The smallest absolute Gasteiger partial charge is 0.337 e. The fraction of sp³-hybridized carbons (Fsp3) is 0.0833. The van der Waals surface area contributed by atoms with Crippen molar-refractivity contribution in [1.29, 1.82) is 0 Å². The minimum atomic E-state index is -0.952. The normalized spacial score (nSPS) is 10.2. The van der Waals surface area contributed by atoms with E-state index in [1.165, 1.54) is 0 Å². The van der Waals surface area contributed by atoms with Crippen LogP contribution in [0.25, 0.3) is 0 Å². The van der Waals surface area contributed by atoms with Gasteiger partial charge in [-0.3, -0.25) is 0 Å². The van der Waals surface area contributed by atoms with E-state index in [1.807, 2.05) is 0 Å². The molecule has 1 aromatic heterocycles. The predicted molar refractivity (Wildman–Crippen MR) is 67.1 cm³/mol. The Balaban J connectivity index is 2.14. The van der Waals surface area contributed by atoms with E-state index in [4.69, 9.17) is 9.52 Å². The molecule has 1 aromatic carbocycles. The number of carboxylic acids is 1. The summed E-state index contributed by atoms with van der Waals surface area (Å²) in [5.74, 6) is -0.225. The summed E-state index contributed by atoms with van der Waals surface area (Å²) >= 11 is 3.34. The molecule has 2 N–H and O–H groups in total. The lowest BCUT2D eigenvalue weighted by Gasteiger charge is -2.07. The molecule has 0 unspecified atom stereocenters. The van der Waals surface area contributed by atoms with Gasteiger partial charge >= 0.3 is 5.97 Å². The average Bonchev–Trinajstić information content (AvgIpc) is 2.72. The highest BCUT2D eigenvalue weighted by molar-refractivity contribution is 9.10. The third-order valence-corrected chi connectivity index (χ3v) is 2.99. The molecule has 0 fully saturated rings. The second-order valence-corrected chi connectivity index (χ2v) is 4.25. The van der Waals surface area contributed by atoms with Gasteiger partial charge in [0.25, 0.3) is 0 Å². The predicted octanol–water partition coefficient (Wildman–Crippen LogP) is 3.35. The number of aromatic carboxylic acids is 1. The number of nitrogens with one attached hydrogen (secondary N) is 1. The van der Waals surface area contributed by atoms with Gasteiger partial charge in [-0.25, -0.2) is 4.79 Å². The highest BCUT2D eigenvalue weighted by atomic mass is 79.9. The molecule has 2 rings (SSSR count). The van der Waals surface area contributed by atoms with E-state index in [0.717, 1.165) is 10.2 Å². The van der Waals surface area contributed by atoms with Crippen LogP contribution in [0.3, 0.4) is 0 Å². The number of hydrogen-bond acceptors (Lipinski definition) is 3. The van der Waals surface area contributed by atoms with Gasteiger partial charge in [0, 0.05) is 5.69 Å². The SMILES string of the molecule is O=C(O)c1ccccc1NCc1occc1Br. The average molecular weight is 296 g/mol. The van der Waals surface area contributed by atoms with Crippen LogP contribution in [0.4, 0.5) is 5.69 Å². The lowest BCUT2D eigenvalue weighted by Crippen LogP contribution is -2.05. The molecule has 0 spiro atoms. The Morgan fingerprint density at radius 1 is 1.35 bits per heavy atom. The first-order chi connectivity index (χ1) is 8.18. The van der Waals surface area contributed by atoms with Crippen molar-refractivity contribution in [3.05, 3.63) is 52.4 Å². The molecule has 0 bridgehead atoms. The van der Waals surface area contributed by atoms with Crippen molar-refractivity contribution < 1.29 is 14.3 Å². The van der Waals surface area contributed by atoms with Crippen molar-refractivity contribution in [2.45, 2.75) is 6.54 Å². The van der Waals surface area contributed by atoms with Gasteiger partial charge in [0.15, 0.2) is 0 Å². The first kappa shape index (κ1) is 11.7. The molecule has 2 aromatic rings. The maximum absolute atomic E-state index is 11.0. The van der Waals surface area contributed by atoms with Crippen LogP contribution in [0, 0.1) is 0 Å². The van der Waals surface area contributed by atoms with Crippen LogP contribution in [-0.4, -0.2) is 11.1 Å². The summed E-state index contributed by atoms with van der Waals surface area (Å²) in [7, 11) is 0. The Bertz CT molecular complexity index is 536. The summed E-state index contributed by atoms with van der Waals surface area (Å²) in [6.45, 7) is 0.428. The highest BCUT2D eigenvalue weighted by Gasteiger charge is 2.09. The Hall–Kier alpha value is -1.75. The molecule has 88 valence electrons. The van der Waals surface area contributed by atoms with Gasteiger partial charge in [-0.2, -0.15) is 0 Å². The minimum absolute atomic E-state index is 0.246. The maximum Gasteiger partial charge on any atom is 0.337 e. The molecule has 0 radical (unpaired) electrons. The lowest BCUT2D eigenvalue weighted by atomic mass is 10.2. The monoisotopic (exact) mass is 295 g/mol. The number of hydrogen-bond donors (Lipinski definition) is 2. The van der Waals surface area contributed by atoms with E-state index in [9.17, 15) is 4.79 Å². The number of halogens is 1. The third-order valence-electron chi connectivity index (χ3n) is 2.29. The molecule has 0 atom stereocenters. The number of rotatable bonds is 4. The fourth-order valence-electron chi connectivity index (χ4n) is 1.45. The zero-order valence-corrected chi connectivity index (χ0v) is 10.4. The Labute approximate surface area is 106 Å². The van der Waals surface area contributed by atoms with Crippen LogP contribution in [0.1, 0.15) is 16.1 Å². The maximum atomic E-state index is 11.0. The van der Waals surface area contributed by atoms with Crippen molar-refractivity contribution in [2.24, 2.45) is 0 Å². The molecule has 0 aliphatic rings. The first-order valence-corrected chi connectivity index (χ1v) is 5.76. The van der Waals surface area contributed by atoms with Gasteiger partial charge < -0.3 is 14.8 Å². The van der Waals surface area contributed by atoms with Gasteiger partial charge in [-0.15, -0.1) is 0 Å². The number of anilines is 1. The molecule has 5 heteroatoms. The zero-order chi connectivity index (χ0) is 12.3. The summed E-state index contributed by atoms with van der Waals surface area (Å²) in [6.07, 6.45) is 1.57. The number of para-hydroxylation sites is 1. The number of carboxylic acid groups (broad SMARTS) is 1. The standard InChI is InChI=1S/C12H10BrNO3/c13-9-5-6-17-11(9)7-14-10-4-2-1-3-8(10)12(15)16/h1-6,14H,7H2,(H,15,16). The molecule has 1 heterocycles. The third kappa shape index (κ3) is 2.68. The molecular weight excluding hydrogens is 286 g/mol. The van der Waals surface area contributed by atoms with E-state index in [-0.39, 0.29) is 5.56 Å². The second-order valence-electron chi connectivity index (χ2n) is 3.40. The summed E-state index contributed by atoms with van der Waals surface area (Å²) in [4.78, 5) is 11.0. The summed E-state index contributed by atoms with van der Waals surface area (Å²) in [6, 6.07) is 8.55. The van der Waals surface area contributed by atoms with Gasteiger partial charge in [0.2, 0.25) is 0 Å². The van der Waals surface area contributed by atoms with Crippen molar-refractivity contribution in [1.82, 2.24) is 0 Å². The van der Waals surface area contributed by atoms with E-state index in [1.54, 1.807) is 36.6 Å². The van der Waals surface area contributed by atoms with E-state index < -0.39 is 5.97 Å². The molecule has 0 saturated heterocycles. The van der Waals surface area contributed by atoms with E-state index >= 15 is 0 Å². The minimum Gasteiger partial charge on any atom is -0.478 e. The molecule has 0 saturated carbocycles. The number of carbonyl (C=O) groups is 1. The van der Waals surface area contributed by atoms with Crippen molar-refractivity contribution in [3.8, 4) is 0 Å². The van der Waals surface area contributed by atoms with Crippen LogP contribution in [0.5, 0.6) is 0 Å². The molecule has 0 amide bonds. The first-order valence-electron chi connectivity index (χ1n) is 4.96. The fourth-order valence-corrected chi connectivity index (χ4v) is 1.79. The topological polar surface area (TPSA) is 62.5 Å². The quantitative estimate of drug-likeness (QED) is 0.908. The van der Waals surface area contributed by atoms with Gasteiger partial charge in [-0.1, -0.05) is 12.1 Å². The molecular formula is C12H10BrNO3. The van der Waals surface area contributed by atoms with Crippen molar-refractivity contribution in [3.63, 3.8) is 0 Å².